The van der Waals surface area contributed by atoms with Crippen LogP contribution in [0.15, 0.2) is 30.6 Å². The summed E-state index contributed by atoms with van der Waals surface area (Å²) < 4.78 is 25.1. The molecule has 2 aromatic heterocycles. The van der Waals surface area contributed by atoms with E-state index >= 15 is 0 Å². The van der Waals surface area contributed by atoms with Crippen molar-refractivity contribution < 1.29 is 23.5 Å². The minimum atomic E-state index is -0.602. The van der Waals surface area contributed by atoms with Gasteiger partial charge >= 0.3 is 0 Å². The quantitative estimate of drug-likeness (QED) is 0.389. The van der Waals surface area contributed by atoms with Crippen LogP contribution in [0.3, 0.4) is 0 Å². The Kier molecular flexibility index (Phi) is 8.34. The van der Waals surface area contributed by atoms with E-state index in [1.54, 1.807) is 11.3 Å². The van der Waals surface area contributed by atoms with Crippen molar-refractivity contribution in [2.45, 2.75) is 69.9 Å². The van der Waals surface area contributed by atoms with Crippen LogP contribution >= 0.6 is 11.3 Å². The summed E-state index contributed by atoms with van der Waals surface area (Å²) in [6.07, 6.45) is 10.2. The molecule has 2 unspecified atom stereocenters. The molecular formula is C30H35FN6O4S. The van der Waals surface area contributed by atoms with Gasteiger partial charge in [0.1, 0.15) is 16.7 Å². The molecule has 0 aliphatic carbocycles. The van der Waals surface area contributed by atoms with Gasteiger partial charge in [0.25, 0.3) is 5.88 Å². The number of anilines is 2. The summed E-state index contributed by atoms with van der Waals surface area (Å²) in [4.78, 5) is 38.6. The minimum Gasteiger partial charge on any atom is -0.470 e. The second-order valence-electron chi connectivity index (χ2n) is 11.2. The summed E-state index contributed by atoms with van der Waals surface area (Å²) >= 11 is 1.64. The first kappa shape index (κ1) is 28.5. The van der Waals surface area contributed by atoms with Gasteiger partial charge in [0, 0.05) is 37.8 Å². The number of aryl methyl sites for hydroxylation is 1. The minimum absolute atomic E-state index is 0.0802. The van der Waals surface area contributed by atoms with Crippen molar-refractivity contribution in [1.82, 2.24) is 25.2 Å². The Balaban J connectivity index is 0.000000343. The average Bonchev–Trinajstić information content (AvgIpc) is 3.69. The predicted molar refractivity (Wildman–Crippen MR) is 156 cm³/mol. The molecule has 10 nitrogen and oxygen atoms in total. The number of thiazole rings is 1. The number of β-lactam (4-membered cyclic amide) rings is 1. The molecule has 2 atom stereocenters. The molecule has 12 heteroatoms. The third-order valence-electron chi connectivity index (χ3n) is 8.04. The fourth-order valence-electron chi connectivity index (χ4n) is 5.89. The third-order valence-corrected chi connectivity index (χ3v) is 9.28. The Morgan fingerprint density at radius 1 is 1.17 bits per heavy atom. The van der Waals surface area contributed by atoms with E-state index in [1.807, 2.05) is 30.2 Å². The Morgan fingerprint density at radius 2 is 2.07 bits per heavy atom. The zero-order valence-corrected chi connectivity index (χ0v) is 24.5. The van der Waals surface area contributed by atoms with E-state index in [0.29, 0.717) is 26.1 Å². The number of hydrogen-bond acceptors (Lipinski definition) is 9. The van der Waals surface area contributed by atoms with Crippen LogP contribution in [0.2, 0.25) is 0 Å². The van der Waals surface area contributed by atoms with Crippen LogP contribution in [0.5, 0.6) is 5.88 Å². The first-order valence-electron chi connectivity index (χ1n) is 14.6. The molecule has 42 heavy (non-hydrogen) atoms. The van der Waals surface area contributed by atoms with Crippen molar-refractivity contribution in [3.05, 3.63) is 47.0 Å². The fourth-order valence-corrected chi connectivity index (χ4v) is 7.02. The van der Waals surface area contributed by atoms with Crippen molar-refractivity contribution in [2.24, 2.45) is 0 Å². The molecule has 3 aromatic rings. The fraction of sp³-hybridized carbons (Fsp3) is 0.500. The highest BCUT2D eigenvalue weighted by atomic mass is 32.1. The highest BCUT2D eigenvalue weighted by Crippen LogP contribution is 2.51. The molecule has 4 fully saturated rings. The van der Waals surface area contributed by atoms with E-state index in [0.717, 1.165) is 78.1 Å². The lowest BCUT2D eigenvalue weighted by Crippen LogP contribution is -2.57. The van der Waals surface area contributed by atoms with Gasteiger partial charge in [-0.15, -0.1) is 11.3 Å². The average molecular weight is 595 g/mol. The van der Waals surface area contributed by atoms with Crippen LogP contribution in [0.4, 0.5) is 16.0 Å². The van der Waals surface area contributed by atoms with Gasteiger partial charge in [0.15, 0.2) is 0 Å². The number of nitrogens with zero attached hydrogens (tertiary/aromatic N) is 4. The summed E-state index contributed by atoms with van der Waals surface area (Å²) in [5.41, 5.74) is 2.65. The van der Waals surface area contributed by atoms with Gasteiger partial charge in [-0.25, -0.2) is 9.97 Å². The maximum atomic E-state index is 14.2. The lowest BCUT2D eigenvalue weighted by atomic mass is 9.85. The van der Waals surface area contributed by atoms with E-state index < -0.39 is 5.82 Å². The molecule has 4 aliphatic heterocycles. The summed E-state index contributed by atoms with van der Waals surface area (Å²) in [6.45, 7) is 4.75. The van der Waals surface area contributed by atoms with E-state index in [9.17, 15) is 14.0 Å². The monoisotopic (exact) mass is 594 g/mol. The molecule has 2 N–H and O–H groups in total. The highest BCUT2D eigenvalue weighted by Gasteiger charge is 2.56. The molecule has 0 radical (unpaired) electrons. The van der Waals surface area contributed by atoms with Gasteiger partial charge in [0.05, 0.1) is 30.7 Å². The number of ether oxygens (including phenoxy) is 2. The van der Waals surface area contributed by atoms with Crippen molar-refractivity contribution in [3.63, 3.8) is 0 Å². The molecule has 2 amide bonds. The molecule has 4 saturated heterocycles. The lowest BCUT2D eigenvalue weighted by molar-refractivity contribution is -0.153. The zero-order valence-electron chi connectivity index (χ0n) is 23.7. The number of amides is 2. The predicted octanol–water partition coefficient (Wildman–Crippen LogP) is 4.86. The summed E-state index contributed by atoms with van der Waals surface area (Å²) in [5, 5.41) is 6.99. The van der Waals surface area contributed by atoms with Gasteiger partial charge in [-0.05, 0) is 55.9 Å². The Bertz CT molecular complexity index is 1450. The number of rotatable bonds is 6. The lowest BCUT2D eigenvalue weighted by Gasteiger charge is -2.45. The smallest absolute Gasteiger partial charge is 0.255 e. The second kappa shape index (κ2) is 12.3. The molecule has 4 aliphatic rings. The van der Waals surface area contributed by atoms with E-state index in [4.69, 9.17) is 14.5 Å². The molecule has 222 valence electrons. The maximum absolute atomic E-state index is 14.2. The van der Waals surface area contributed by atoms with Crippen molar-refractivity contribution in [1.29, 1.82) is 0 Å². The van der Waals surface area contributed by atoms with E-state index in [1.165, 1.54) is 6.42 Å². The van der Waals surface area contributed by atoms with Gasteiger partial charge in [0.2, 0.25) is 23.6 Å². The van der Waals surface area contributed by atoms with Crippen molar-refractivity contribution in [2.75, 3.05) is 31.6 Å². The van der Waals surface area contributed by atoms with Gasteiger partial charge in [-0.1, -0.05) is 12.5 Å². The Labute approximate surface area is 248 Å². The standard InChI is InChI=1S/C24H24FN5O3S.C6H11NO/c1-14-7-15(19-12-26-22(34-19)24-4-2-5-30(24)20(31)10-24)9-16(8-14)28-23-27-11-18(25)21(29-23)33-17-3-6-32-13-17;8-6-4-2-1-3-5-7-6/h7-9,11-12,17H,2-6,10,13H2,1H3,(H,27,28,29);1-5H2,(H,7,8). The van der Waals surface area contributed by atoms with Crippen LogP contribution in [0, 0.1) is 12.7 Å². The Morgan fingerprint density at radius 3 is 2.90 bits per heavy atom. The maximum Gasteiger partial charge on any atom is 0.255 e. The molecule has 1 aromatic carbocycles. The van der Waals surface area contributed by atoms with E-state index in [-0.39, 0.29) is 35.3 Å². The Hall–Kier alpha value is -3.64. The van der Waals surface area contributed by atoms with Crippen molar-refractivity contribution in [3.8, 4) is 16.3 Å². The summed E-state index contributed by atoms with van der Waals surface area (Å²) in [7, 11) is 0. The summed E-state index contributed by atoms with van der Waals surface area (Å²) in [5.74, 6) is 0.0185. The van der Waals surface area contributed by atoms with Crippen molar-refractivity contribution >= 4 is 34.8 Å². The number of halogens is 1. The molecule has 0 saturated carbocycles. The summed E-state index contributed by atoms with van der Waals surface area (Å²) in [6, 6.07) is 6.07. The second-order valence-corrected chi connectivity index (χ2v) is 12.2. The number of nitrogens with one attached hydrogen (secondary N) is 2. The molecule has 0 bridgehead atoms. The first-order valence-corrected chi connectivity index (χ1v) is 15.4. The number of aromatic nitrogens is 3. The normalized spacial score (nSPS) is 23.3. The number of carbonyl (C=O) groups excluding carboxylic acids is 2. The first-order chi connectivity index (χ1) is 20.4. The van der Waals surface area contributed by atoms with Crippen LogP contribution in [0.25, 0.3) is 10.4 Å². The molecule has 7 rings (SSSR count). The highest BCUT2D eigenvalue weighted by molar-refractivity contribution is 7.15. The zero-order chi connectivity index (χ0) is 29.1. The molecule has 0 spiro atoms. The third kappa shape index (κ3) is 6.10. The number of fused-ring (bicyclic) bond motifs is 1. The van der Waals surface area contributed by atoms with Crippen LogP contribution in [0.1, 0.15) is 61.9 Å². The molecular weight excluding hydrogens is 559 g/mol. The molecule has 6 heterocycles. The van der Waals surface area contributed by atoms with E-state index in [2.05, 4.69) is 26.7 Å². The number of benzene rings is 1. The number of carbonyl (C=O) groups is 2. The number of hydrogen-bond donors (Lipinski definition) is 2. The van der Waals surface area contributed by atoms with Crippen LogP contribution in [-0.4, -0.2) is 64.1 Å². The van der Waals surface area contributed by atoms with Gasteiger partial charge in [-0.2, -0.15) is 9.37 Å². The topological polar surface area (TPSA) is 119 Å². The van der Waals surface area contributed by atoms with Crippen LogP contribution in [-0.2, 0) is 19.9 Å². The van der Waals surface area contributed by atoms with Crippen LogP contribution < -0.4 is 15.4 Å². The van der Waals surface area contributed by atoms with Gasteiger partial charge in [-0.3, -0.25) is 9.59 Å². The largest absolute Gasteiger partial charge is 0.470 e. The van der Waals surface area contributed by atoms with Gasteiger partial charge < -0.3 is 25.0 Å². The SMILES string of the molecule is Cc1cc(Nc2ncc(F)c(OC3CCOC3)n2)cc(-c2cnc(C34CCCN3C(=O)C4)s2)c1.O=C1CCCCCN1.